The maximum absolute atomic E-state index is 14.5. The number of aliphatic hydroxyl groups excluding tert-OH is 2. The second-order valence-corrected chi connectivity index (χ2v) is 19.8. The number of rotatable bonds is 9. The summed E-state index contributed by atoms with van der Waals surface area (Å²) in [6.45, 7) is 9.42. The average Bonchev–Trinajstić information content (AvgIpc) is 3.79. The second-order valence-electron chi connectivity index (χ2n) is 19.8. The number of nitrogens with zero attached hydrogens (tertiary/aromatic N) is 1. The van der Waals surface area contributed by atoms with Gasteiger partial charge in [0.2, 0.25) is 5.79 Å². The number of ketones is 2. The van der Waals surface area contributed by atoms with E-state index in [1.54, 1.807) is 35.2 Å². The Labute approximate surface area is 376 Å². The Bertz CT molecular complexity index is 1640. The molecule has 3 heterocycles. The van der Waals surface area contributed by atoms with Gasteiger partial charge in [0.05, 0.1) is 30.5 Å². The molecular weight excluding hydrogens is 807 g/mol. The van der Waals surface area contributed by atoms with Crippen molar-refractivity contribution in [2.24, 2.45) is 35.5 Å². The normalized spacial score (nSPS) is 40.0. The lowest BCUT2D eigenvalue weighted by atomic mass is 9.81. The first-order chi connectivity index (χ1) is 30.0. The molecule has 2 saturated heterocycles. The minimum absolute atomic E-state index is 0.00749. The van der Waals surface area contributed by atoms with Gasteiger partial charge in [-0.1, -0.05) is 76.3 Å². The lowest BCUT2D eigenvalue weighted by molar-refractivity contribution is -0.302. The van der Waals surface area contributed by atoms with Crippen molar-refractivity contribution < 1.29 is 58.2 Å². The molecule has 2 saturated carbocycles. The van der Waals surface area contributed by atoms with Crippen LogP contribution in [0.15, 0.2) is 35.5 Å². The van der Waals surface area contributed by atoms with Crippen molar-refractivity contribution in [2.45, 2.75) is 192 Å². The van der Waals surface area contributed by atoms with Crippen LogP contribution < -0.4 is 0 Å². The number of allylic oxidation sites excluding steroid dienone is 5. The van der Waals surface area contributed by atoms with Crippen molar-refractivity contribution in [1.82, 2.24) is 4.90 Å². The molecule has 0 aromatic heterocycles. The molecule has 3 N–H and O–H groups in total. The summed E-state index contributed by atoms with van der Waals surface area (Å²) in [5.74, 6) is -6.93. The summed E-state index contributed by atoms with van der Waals surface area (Å²) >= 11 is 0. The van der Waals surface area contributed by atoms with Crippen LogP contribution in [0.2, 0.25) is 0 Å². The number of piperidine rings is 1. The maximum Gasteiger partial charge on any atom is 0.329 e. The molecule has 0 aromatic rings. The predicted molar refractivity (Wildman–Crippen MR) is 238 cm³/mol. The van der Waals surface area contributed by atoms with Gasteiger partial charge in [-0.3, -0.25) is 14.4 Å². The highest BCUT2D eigenvalue weighted by Gasteiger charge is 2.56. The molecule has 5 rings (SSSR count). The summed E-state index contributed by atoms with van der Waals surface area (Å²) in [5, 5.41) is 34.6. The average molecular weight is 886 g/mol. The third kappa shape index (κ3) is 13.0. The van der Waals surface area contributed by atoms with Crippen LogP contribution in [0.5, 0.6) is 0 Å². The molecule has 13 heteroatoms. The summed E-state index contributed by atoms with van der Waals surface area (Å²) in [5.41, 5.74) is 1.67. The highest BCUT2D eigenvalue weighted by atomic mass is 16.7. The fraction of sp³-hybridized carbons (Fsp3) is 0.800. The molecule has 63 heavy (non-hydrogen) atoms. The zero-order valence-corrected chi connectivity index (χ0v) is 39.4. The van der Waals surface area contributed by atoms with Gasteiger partial charge in [0.25, 0.3) is 11.7 Å². The summed E-state index contributed by atoms with van der Waals surface area (Å²) in [6.07, 6.45) is 13.9. The van der Waals surface area contributed by atoms with Gasteiger partial charge >= 0.3 is 5.97 Å². The van der Waals surface area contributed by atoms with Crippen molar-refractivity contribution in [3.05, 3.63) is 35.5 Å². The van der Waals surface area contributed by atoms with E-state index in [1.165, 1.54) is 30.6 Å². The third-order valence-corrected chi connectivity index (χ3v) is 15.0. The molecule has 5 aliphatic rings. The van der Waals surface area contributed by atoms with Crippen molar-refractivity contribution in [3.8, 4) is 0 Å². The largest absolute Gasteiger partial charge is 0.456 e. The van der Waals surface area contributed by atoms with Crippen LogP contribution in [0.1, 0.15) is 137 Å². The number of carbonyl (C=O) groups is 4. The Balaban J connectivity index is 1.53. The van der Waals surface area contributed by atoms with Crippen LogP contribution in [-0.2, 0) is 42.9 Å². The van der Waals surface area contributed by atoms with E-state index in [-0.39, 0.29) is 49.5 Å². The first-order valence-electron chi connectivity index (χ1n) is 23.9. The summed E-state index contributed by atoms with van der Waals surface area (Å²) in [4.78, 5) is 58.7. The molecule has 0 aromatic carbocycles. The Hall–Kier alpha value is -2.78. The quantitative estimate of drug-likeness (QED) is 0.129. The van der Waals surface area contributed by atoms with Crippen LogP contribution in [0, 0.1) is 35.5 Å². The zero-order valence-electron chi connectivity index (χ0n) is 39.4. The topological polar surface area (TPSA) is 178 Å². The lowest BCUT2D eigenvalue weighted by Gasteiger charge is -2.47. The van der Waals surface area contributed by atoms with Crippen LogP contribution >= 0.6 is 0 Å². The van der Waals surface area contributed by atoms with Gasteiger partial charge in [-0.25, -0.2) is 4.79 Å². The van der Waals surface area contributed by atoms with Gasteiger partial charge in [-0.15, -0.1) is 0 Å². The molecule has 13 nitrogen and oxygen atoms in total. The minimum atomic E-state index is -2.51. The van der Waals surface area contributed by atoms with Gasteiger partial charge < -0.3 is 43.9 Å². The van der Waals surface area contributed by atoms with Gasteiger partial charge in [-0.2, -0.15) is 0 Å². The Morgan fingerprint density at radius 2 is 1.48 bits per heavy atom. The SMILES string of the molecule is CO[C@H]1C[C@@H](C)C/C(C)=C/[C@@H](C/C=C/CC2CCCC2)C(=O)C[C@H](O)[C@@H](C)[C@@H](/C(C)=C/[C@@H]2CC[C@@H](O)[C@H](OC)C2)OC(=O)[C@@H]2CCCCN2C(=O)C(=O)[C@]2(O)O[C@H]1[C@@H](OC)C[C@H]2C. The summed E-state index contributed by atoms with van der Waals surface area (Å²) in [6, 6.07) is -1.14. The maximum atomic E-state index is 14.5. The number of carbonyl (C=O) groups excluding carboxylic acids is 4. The van der Waals surface area contributed by atoms with E-state index in [0.717, 1.165) is 12.0 Å². The fourth-order valence-corrected chi connectivity index (χ4v) is 11.0. The van der Waals surface area contributed by atoms with E-state index in [1.807, 2.05) is 26.0 Å². The zero-order chi connectivity index (χ0) is 46.0. The molecule has 1 amide bonds. The summed E-state index contributed by atoms with van der Waals surface area (Å²) < 4.78 is 30.1. The van der Waals surface area contributed by atoms with Crippen LogP contribution in [-0.4, -0.2) is 126 Å². The monoisotopic (exact) mass is 886 g/mol. The number of cyclic esters (lactones) is 1. The highest BCUT2D eigenvalue weighted by Crippen LogP contribution is 2.39. The lowest BCUT2D eigenvalue weighted by Crippen LogP contribution is -2.64. The number of aliphatic hydroxyl groups is 3. The number of ether oxygens (including phenoxy) is 5. The standard InChI is InChI=1S/C50H79NO12/c1-30-23-31(2)25-43(60-7)46-44(61-8)27-33(4)50(58,63-46)47(55)48(56)51-22-14-13-19-38(51)49(57)62-45(32(3)26-36-20-21-39(52)42(28-36)59-6)34(5)40(53)29-41(54)37(24-30)18-12-11-17-35-15-9-10-16-35/h11-12,24,26,31,33-40,42-46,52-53,58H,9-10,13-23,25,27-29H2,1-8H3/b12-11+,30-24+,32-26+/t31-,33+,34+,36-,37+,38-,39+,40-,42+,43-,44-,45+,46+,50+/m0/s1. The molecule has 2 bridgehead atoms. The van der Waals surface area contributed by atoms with Gasteiger partial charge in [-0.05, 0) is 108 Å². The number of Topliss-reactive ketones (excluding diaryl/α,β-unsaturated/α-hetero) is 2. The molecule has 0 radical (unpaired) electrons. The Kier molecular flexibility index (Phi) is 19.2. The van der Waals surface area contributed by atoms with E-state index in [4.69, 9.17) is 23.7 Å². The first-order valence-corrected chi connectivity index (χ1v) is 23.9. The fourth-order valence-electron chi connectivity index (χ4n) is 11.0. The van der Waals surface area contributed by atoms with Crippen molar-refractivity contribution in [3.63, 3.8) is 0 Å². The van der Waals surface area contributed by atoms with Crippen molar-refractivity contribution >= 4 is 23.4 Å². The first kappa shape index (κ1) is 51.2. The number of esters is 1. The van der Waals surface area contributed by atoms with Crippen LogP contribution in [0.3, 0.4) is 0 Å². The molecule has 356 valence electrons. The Morgan fingerprint density at radius 3 is 2.16 bits per heavy atom. The smallest absolute Gasteiger partial charge is 0.329 e. The van der Waals surface area contributed by atoms with Gasteiger partial charge in [0.1, 0.15) is 24.0 Å². The van der Waals surface area contributed by atoms with E-state index in [2.05, 4.69) is 19.1 Å². The van der Waals surface area contributed by atoms with Gasteiger partial charge in [0.15, 0.2) is 0 Å². The molecule has 0 unspecified atom stereocenters. The van der Waals surface area contributed by atoms with E-state index in [9.17, 15) is 34.5 Å². The van der Waals surface area contributed by atoms with E-state index < -0.39 is 83.9 Å². The van der Waals surface area contributed by atoms with Crippen LogP contribution in [0.25, 0.3) is 0 Å². The molecule has 0 spiro atoms. The molecule has 3 aliphatic heterocycles. The molecular formula is C50H79NO12. The number of hydrogen-bond acceptors (Lipinski definition) is 12. The third-order valence-electron chi connectivity index (χ3n) is 15.0. The molecule has 2 aliphatic carbocycles. The molecule has 14 atom stereocenters. The van der Waals surface area contributed by atoms with E-state index in [0.29, 0.717) is 62.9 Å². The number of amides is 1. The predicted octanol–water partition coefficient (Wildman–Crippen LogP) is 6.59. The second kappa shape index (κ2) is 23.6. The minimum Gasteiger partial charge on any atom is -0.456 e. The van der Waals surface area contributed by atoms with Crippen molar-refractivity contribution in [1.29, 1.82) is 0 Å². The summed E-state index contributed by atoms with van der Waals surface area (Å²) in [7, 11) is 4.66. The molecule has 4 fully saturated rings. The number of fused-ring (bicyclic) bond motifs is 3. The van der Waals surface area contributed by atoms with Crippen LogP contribution in [0.4, 0.5) is 0 Å². The highest BCUT2D eigenvalue weighted by molar-refractivity contribution is 6.39. The van der Waals surface area contributed by atoms with Crippen molar-refractivity contribution in [2.75, 3.05) is 27.9 Å². The number of hydrogen-bond donors (Lipinski definition) is 3. The Morgan fingerprint density at radius 1 is 0.825 bits per heavy atom. The number of methoxy groups -OCH3 is 3. The van der Waals surface area contributed by atoms with E-state index >= 15 is 0 Å². The van der Waals surface area contributed by atoms with Gasteiger partial charge in [0, 0.05) is 52.0 Å².